The molecule has 0 unspecified atom stereocenters. The highest BCUT2D eigenvalue weighted by Gasteiger charge is 2.07. The first-order chi connectivity index (χ1) is 10.2. The molecular weight excluding hydrogens is 280 g/mol. The van der Waals surface area contributed by atoms with E-state index in [1.165, 1.54) is 10.5 Å². The number of aryl methyl sites for hydroxylation is 1. The van der Waals surface area contributed by atoms with Crippen LogP contribution in [0, 0.1) is 18.3 Å². The molecule has 0 aliphatic carbocycles. The van der Waals surface area contributed by atoms with Gasteiger partial charge in [-0.25, -0.2) is 0 Å². The van der Waals surface area contributed by atoms with Gasteiger partial charge < -0.3 is 10.1 Å². The van der Waals surface area contributed by atoms with Crippen LogP contribution in [0.15, 0.2) is 41.3 Å². The van der Waals surface area contributed by atoms with E-state index in [0.717, 1.165) is 17.1 Å². The Kier molecular flexibility index (Phi) is 5.26. The molecule has 1 N–H and O–H groups in total. The van der Waals surface area contributed by atoms with Crippen LogP contribution in [0.4, 0.5) is 0 Å². The Balaban J connectivity index is 2.30. The summed E-state index contributed by atoms with van der Waals surface area (Å²) in [6.07, 6.45) is 2.06. The number of benzene rings is 2. The highest BCUT2D eigenvalue weighted by molar-refractivity contribution is 7.98. The number of ether oxygens (including phenoxy) is 1. The van der Waals surface area contributed by atoms with E-state index >= 15 is 0 Å². The van der Waals surface area contributed by atoms with E-state index in [2.05, 4.69) is 30.6 Å². The van der Waals surface area contributed by atoms with Crippen molar-refractivity contribution in [3.63, 3.8) is 0 Å². The van der Waals surface area contributed by atoms with Gasteiger partial charge >= 0.3 is 0 Å². The summed E-state index contributed by atoms with van der Waals surface area (Å²) < 4.78 is 5.98. The van der Waals surface area contributed by atoms with Gasteiger partial charge in [0.15, 0.2) is 0 Å². The van der Waals surface area contributed by atoms with E-state index in [9.17, 15) is 0 Å². The van der Waals surface area contributed by atoms with Crippen LogP contribution in [0.25, 0.3) is 0 Å². The topological polar surface area (TPSA) is 45.0 Å². The predicted molar refractivity (Wildman–Crippen MR) is 87.0 cm³/mol. The van der Waals surface area contributed by atoms with Crippen LogP contribution in [0.1, 0.15) is 16.7 Å². The summed E-state index contributed by atoms with van der Waals surface area (Å²) in [5.41, 5.74) is 2.81. The average molecular weight is 298 g/mol. The zero-order chi connectivity index (χ0) is 15.2. The minimum Gasteiger partial charge on any atom is -0.457 e. The number of nitrogens with one attached hydrogen (secondary N) is 1. The zero-order valence-corrected chi connectivity index (χ0v) is 13.3. The second kappa shape index (κ2) is 7.16. The lowest BCUT2D eigenvalue weighted by molar-refractivity contribution is 0.473. The largest absolute Gasteiger partial charge is 0.457 e. The molecule has 0 saturated heterocycles. The number of nitrogens with zero attached hydrogens (tertiary/aromatic N) is 1. The molecule has 0 bridgehead atoms. The third-order valence-corrected chi connectivity index (χ3v) is 4.05. The minimum atomic E-state index is 0.640. The first-order valence-corrected chi connectivity index (χ1v) is 7.90. The molecule has 0 spiro atoms. The van der Waals surface area contributed by atoms with Crippen molar-refractivity contribution < 1.29 is 4.74 Å². The van der Waals surface area contributed by atoms with Crippen LogP contribution < -0.4 is 10.1 Å². The molecule has 2 rings (SSSR count). The average Bonchev–Trinajstić information content (AvgIpc) is 2.49. The van der Waals surface area contributed by atoms with Crippen LogP contribution in [-0.4, -0.2) is 13.3 Å². The van der Waals surface area contributed by atoms with Gasteiger partial charge in [0.2, 0.25) is 0 Å². The van der Waals surface area contributed by atoms with Crippen molar-refractivity contribution in [3.8, 4) is 17.6 Å². The number of nitriles is 1. The van der Waals surface area contributed by atoms with Crippen molar-refractivity contribution in [2.45, 2.75) is 18.4 Å². The molecule has 0 aliphatic heterocycles. The number of hydrogen-bond donors (Lipinski definition) is 1. The van der Waals surface area contributed by atoms with Gasteiger partial charge in [-0.2, -0.15) is 5.26 Å². The SMILES string of the molecule is CNCc1cc(C#N)ccc1Oc1ccc(SC)c(C)c1. The van der Waals surface area contributed by atoms with Crippen LogP contribution in [-0.2, 0) is 6.54 Å². The maximum absolute atomic E-state index is 8.99. The summed E-state index contributed by atoms with van der Waals surface area (Å²) in [7, 11) is 1.88. The van der Waals surface area contributed by atoms with Gasteiger partial charge in [0.25, 0.3) is 0 Å². The summed E-state index contributed by atoms with van der Waals surface area (Å²) in [6.45, 7) is 2.73. The van der Waals surface area contributed by atoms with E-state index in [4.69, 9.17) is 10.00 Å². The molecule has 0 fully saturated rings. The summed E-state index contributed by atoms with van der Waals surface area (Å²) in [5, 5.41) is 12.1. The molecule has 0 saturated carbocycles. The molecule has 2 aromatic rings. The lowest BCUT2D eigenvalue weighted by Gasteiger charge is -2.13. The Bertz CT molecular complexity index is 677. The van der Waals surface area contributed by atoms with Gasteiger partial charge in [-0.3, -0.25) is 0 Å². The highest BCUT2D eigenvalue weighted by Crippen LogP contribution is 2.30. The molecule has 21 heavy (non-hydrogen) atoms. The standard InChI is InChI=1S/C17H18N2OS/c1-12-8-15(5-7-17(12)21-3)20-16-6-4-13(10-18)9-14(16)11-19-2/h4-9,19H,11H2,1-3H3. The number of thioether (sulfide) groups is 1. The number of rotatable bonds is 5. The lowest BCUT2D eigenvalue weighted by atomic mass is 10.1. The lowest BCUT2D eigenvalue weighted by Crippen LogP contribution is -2.06. The van der Waals surface area contributed by atoms with Crippen LogP contribution in [0.5, 0.6) is 11.5 Å². The molecule has 2 aromatic carbocycles. The van der Waals surface area contributed by atoms with E-state index in [0.29, 0.717) is 12.1 Å². The van der Waals surface area contributed by atoms with Gasteiger partial charge in [-0.1, -0.05) is 0 Å². The van der Waals surface area contributed by atoms with Crippen molar-refractivity contribution in [1.82, 2.24) is 5.32 Å². The van der Waals surface area contributed by atoms with Gasteiger partial charge in [-0.15, -0.1) is 11.8 Å². The minimum absolute atomic E-state index is 0.640. The third-order valence-electron chi connectivity index (χ3n) is 3.15. The fraction of sp³-hybridized carbons (Fsp3) is 0.235. The Morgan fingerprint density at radius 3 is 2.67 bits per heavy atom. The molecule has 3 nitrogen and oxygen atoms in total. The Morgan fingerprint density at radius 1 is 1.24 bits per heavy atom. The zero-order valence-electron chi connectivity index (χ0n) is 12.4. The monoisotopic (exact) mass is 298 g/mol. The normalized spacial score (nSPS) is 10.2. The van der Waals surface area contributed by atoms with E-state index < -0.39 is 0 Å². The summed E-state index contributed by atoms with van der Waals surface area (Å²) >= 11 is 1.73. The molecule has 0 heterocycles. The predicted octanol–water partition coefficient (Wildman–Crippen LogP) is 4.10. The third kappa shape index (κ3) is 3.78. The van der Waals surface area contributed by atoms with Crippen molar-refractivity contribution in [1.29, 1.82) is 5.26 Å². The molecule has 108 valence electrons. The van der Waals surface area contributed by atoms with Crippen LogP contribution >= 0.6 is 11.8 Å². The summed E-state index contributed by atoms with van der Waals surface area (Å²) in [5.74, 6) is 1.59. The fourth-order valence-electron chi connectivity index (χ4n) is 2.12. The van der Waals surface area contributed by atoms with Crippen molar-refractivity contribution in [2.24, 2.45) is 0 Å². The Labute approximate surface area is 129 Å². The first-order valence-electron chi connectivity index (χ1n) is 6.68. The summed E-state index contributed by atoms with van der Waals surface area (Å²) in [6, 6.07) is 13.7. The smallest absolute Gasteiger partial charge is 0.132 e. The Hall–Kier alpha value is -1.96. The van der Waals surface area contributed by atoms with Crippen molar-refractivity contribution in [2.75, 3.05) is 13.3 Å². The van der Waals surface area contributed by atoms with Crippen LogP contribution in [0.3, 0.4) is 0 Å². The molecule has 4 heteroatoms. The molecule has 0 radical (unpaired) electrons. The second-order valence-electron chi connectivity index (χ2n) is 4.70. The van der Waals surface area contributed by atoms with Gasteiger partial charge in [0.05, 0.1) is 11.6 Å². The summed E-state index contributed by atoms with van der Waals surface area (Å²) in [4.78, 5) is 1.25. The van der Waals surface area contributed by atoms with Gasteiger partial charge in [0, 0.05) is 17.0 Å². The molecule has 0 atom stereocenters. The van der Waals surface area contributed by atoms with Gasteiger partial charge in [-0.05, 0) is 62.2 Å². The maximum Gasteiger partial charge on any atom is 0.132 e. The van der Waals surface area contributed by atoms with Crippen molar-refractivity contribution >= 4 is 11.8 Å². The molecule has 0 aliphatic rings. The Morgan fingerprint density at radius 2 is 2.05 bits per heavy atom. The first kappa shape index (κ1) is 15.4. The molecular formula is C17H18N2OS. The van der Waals surface area contributed by atoms with E-state index in [1.54, 1.807) is 17.8 Å². The van der Waals surface area contributed by atoms with E-state index in [1.807, 2.05) is 31.3 Å². The quantitative estimate of drug-likeness (QED) is 0.844. The van der Waals surface area contributed by atoms with Crippen LogP contribution in [0.2, 0.25) is 0 Å². The highest BCUT2D eigenvalue weighted by atomic mass is 32.2. The molecule has 0 aromatic heterocycles. The van der Waals surface area contributed by atoms with E-state index in [-0.39, 0.29) is 0 Å². The number of hydrogen-bond acceptors (Lipinski definition) is 4. The van der Waals surface area contributed by atoms with Gasteiger partial charge in [0.1, 0.15) is 11.5 Å². The van der Waals surface area contributed by atoms with Crippen molar-refractivity contribution in [3.05, 3.63) is 53.1 Å². The maximum atomic E-state index is 8.99. The molecule has 0 amide bonds. The fourth-order valence-corrected chi connectivity index (χ4v) is 2.70. The second-order valence-corrected chi connectivity index (χ2v) is 5.55.